The normalized spacial score (nSPS) is 10.7. The van der Waals surface area contributed by atoms with E-state index in [1.807, 2.05) is 16.7 Å². The largest absolute Gasteiger partial charge is 0.399 e. The highest BCUT2D eigenvalue weighted by atomic mass is 35.5. The molecule has 0 aliphatic heterocycles. The molecule has 0 spiro atoms. The summed E-state index contributed by atoms with van der Waals surface area (Å²) >= 11 is 5.96. The van der Waals surface area contributed by atoms with Gasteiger partial charge >= 0.3 is 0 Å². The van der Waals surface area contributed by atoms with Crippen molar-refractivity contribution in [2.45, 2.75) is 6.54 Å². The third-order valence-electron chi connectivity index (χ3n) is 2.33. The van der Waals surface area contributed by atoms with Crippen LogP contribution in [0.25, 0.3) is 11.4 Å². The minimum atomic E-state index is 0.585. The van der Waals surface area contributed by atoms with Gasteiger partial charge in [-0.15, -0.1) is 10.2 Å². The summed E-state index contributed by atoms with van der Waals surface area (Å²) in [5.41, 5.74) is 7.21. The van der Waals surface area contributed by atoms with Crippen LogP contribution in [0.2, 0.25) is 5.02 Å². The summed E-state index contributed by atoms with van der Waals surface area (Å²) in [4.78, 5) is 0. The zero-order valence-corrected chi connectivity index (χ0v) is 10.2. The van der Waals surface area contributed by atoms with E-state index in [9.17, 15) is 0 Å². The number of methoxy groups -OCH3 is 1. The Labute approximate surface area is 104 Å². The molecule has 0 aliphatic carbocycles. The van der Waals surface area contributed by atoms with E-state index in [1.54, 1.807) is 19.5 Å². The molecular formula is C11H13ClN4O. The molecule has 0 aliphatic rings. The number of nitrogens with two attached hydrogens (primary N) is 1. The predicted molar refractivity (Wildman–Crippen MR) is 66.8 cm³/mol. The van der Waals surface area contributed by atoms with Crippen LogP contribution in [-0.4, -0.2) is 28.5 Å². The molecule has 0 atom stereocenters. The Bertz CT molecular complexity index is 492. The maximum atomic E-state index is 5.96. The number of ether oxygens (including phenoxy) is 1. The van der Waals surface area contributed by atoms with Crippen LogP contribution >= 0.6 is 11.6 Å². The average molecular weight is 253 g/mol. The second-order valence-electron chi connectivity index (χ2n) is 3.61. The fourth-order valence-corrected chi connectivity index (χ4v) is 1.82. The van der Waals surface area contributed by atoms with Gasteiger partial charge in [-0.3, -0.25) is 0 Å². The molecule has 0 bridgehead atoms. The van der Waals surface area contributed by atoms with Crippen LogP contribution in [0.4, 0.5) is 5.69 Å². The first-order chi connectivity index (χ1) is 8.20. The number of rotatable bonds is 4. The van der Waals surface area contributed by atoms with Crippen molar-refractivity contribution in [3.05, 3.63) is 29.5 Å². The zero-order valence-electron chi connectivity index (χ0n) is 9.43. The maximum Gasteiger partial charge on any atom is 0.163 e. The fourth-order valence-electron chi connectivity index (χ4n) is 1.57. The Morgan fingerprint density at radius 3 is 2.94 bits per heavy atom. The van der Waals surface area contributed by atoms with Crippen LogP contribution in [-0.2, 0) is 11.3 Å². The number of halogens is 1. The van der Waals surface area contributed by atoms with Gasteiger partial charge in [-0.2, -0.15) is 0 Å². The molecule has 0 unspecified atom stereocenters. The van der Waals surface area contributed by atoms with E-state index in [2.05, 4.69) is 10.2 Å². The summed E-state index contributed by atoms with van der Waals surface area (Å²) in [5, 5.41) is 8.53. The second kappa shape index (κ2) is 5.16. The quantitative estimate of drug-likeness (QED) is 0.843. The lowest BCUT2D eigenvalue weighted by atomic mass is 10.2. The second-order valence-corrected chi connectivity index (χ2v) is 4.05. The van der Waals surface area contributed by atoms with Crippen molar-refractivity contribution in [3.8, 4) is 11.4 Å². The van der Waals surface area contributed by atoms with E-state index in [4.69, 9.17) is 22.1 Å². The SMILES string of the molecule is COCCn1cnnc1-c1cc(N)cc(Cl)c1. The minimum absolute atomic E-state index is 0.585. The zero-order chi connectivity index (χ0) is 12.3. The van der Waals surface area contributed by atoms with Crippen LogP contribution in [0.5, 0.6) is 0 Å². The van der Waals surface area contributed by atoms with Gasteiger partial charge in [-0.05, 0) is 18.2 Å². The minimum Gasteiger partial charge on any atom is -0.399 e. The first-order valence-corrected chi connectivity index (χ1v) is 5.51. The Morgan fingerprint density at radius 1 is 1.41 bits per heavy atom. The summed E-state index contributed by atoms with van der Waals surface area (Å²) in [5.74, 6) is 0.733. The highest BCUT2D eigenvalue weighted by Crippen LogP contribution is 2.24. The van der Waals surface area contributed by atoms with Crippen molar-refractivity contribution in [2.75, 3.05) is 19.5 Å². The summed E-state index contributed by atoms with van der Waals surface area (Å²) in [7, 11) is 1.65. The van der Waals surface area contributed by atoms with E-state index in [1.165, 1.54) is 0 Å². The van der Waals surface area contributed by atoms with Gasteiger partial charge in [-0.25, -0.2) is 0 Å². The molecule has 1 heterocycles. The van der Waals surface area contributed by atoms with E-state index in [0.717, 1.165) is 11.4 Å². The van der Waals surface area contributed by atoms with E-state index in [0.29, 0.717) is 23.9 Å². The molecule has 0 radical (unpaired) electrons. The molecule has 0 fully saturated rings. The highest BCUT2D eigenvalue weighted by molar-refractivity contribution is 6.31. The van der Waals surface area contributed by atoms with Crippen molar-refractivity contribution in [3.63, 3.8) is 0 Å². The number of anilines is 1. The Balaban J connectivity index is 2.35. The van der Waals surface area contributed by atoms with Gasteiger partial charge in [-0.1, -0.05) is 11.6 Å². The summed E-state index contributed by atoms with van der Waals surface area (Å²) in [6.07, 6.45) is 1.66. The standard InChI is InChI=1S/C11H13ClN4O/c1-17-3-2-16-7-14-15-11(16)8-4-9(12)6-10(13)5-8/h4-7H,2-3,13H2,1H3. The van der Waals surface area contributed by atoms with Crippen LogP contribution in [0, 0.1) is 0 Å². The third kappa shape index (κ3) is 2.75. The summed E-state index contributed by atoms with van der Waals surface area (Å²) in [6, 6.07) is 5.32. The molecule has 90 valence electrons. The lowest BCUT2D eigenvalue weighted by Crippen LogP contribution is -2.05. The van der Waals surface area contributed by atoms with Crippen LogP contribution in [0.3, 0.4) is 0 Å². The van der Waals surface area contributed by atoms with Gasteiger partial charge in [0.25, 0.3) is 0 Å². The lowest BCUT2D eigenvalue weighted by molar-refractivity contribution is 0.187. The van der Waals surface area contributed by atoms with Gasteiger partial charge in [0.1, 0.15) is 6.33 Å². The van der Waals surface area contributed by atoms with Crippen LogP contribution < -0.4 is 5.73 Å². The molecule has 0 saturated heterocycles. The molecule has 1 aromatic carbocycles. The molecule has 0 amide bonds. The summed E-state index contributed by atoms with van der Waals surface area (Å²) in [6.45, 7) is 1.28. The van der Waals surface area contributed by atoms with E-state index in [-0.39, 0.29) is 0 Å². The molecule has 2 N–H and O–H groups in total. The van der Waals surface area contributed by atoms with Crippen molar-refractivity contribution >= 4 is 17.3 Å². The van der Waals surface area contributed by atoms with Gasteiger partial charge in [0, 0.05) is 29.9 Å². The van der Waals surface area contributed by atoms with Crippen LogP contribution in [0.1, 0.15) is 0 Å². The van der Waals surface area contributed by atoms with E-state index < -0.39 is 0 Å². The fraction of sp³-hybridized carbons (Fsp3) is 0.273. The van der Waals surface area contributed by atoms with Gasteiger partial charge in [0.15, 0.2) is 5.82 Å². The van der Waals surface area contributed by atoms with Crippen LogP contribution in [0.15, 0.2) is 24.5 Å². The molecule has 5 nitrogen and oxygen atoms in total. The Kier molecular flexibility index (Phi) is 3.61. The number of benzene rings is 1. The third-order valence-corrected chi connectivity index (χ3v) is 2.55. The average Bonchev–Trinajstić information content (AvgIpc) is 2.73. The topological polar surface area (TPSA) is 66.0 Å². The monoisotopic (exact) mass is 252 g/mol. The molecule has 17 heavy (non-hydrogen) atoms. The number of hydrogen-bond acceptors (Lipinski definition) is 4. The molecule has 1 aromatic heterocycles. The predicted octanol–water partition coefficient (Wildman–Crippen LogP) is 1.83. The summed E-state index contributed by atoms with van der Waals surface area (Å²) < 4.78 is 6.92. The number of hydrogen-bond donors (Lipinski definition) is 1. The highest BCUT2D eigenvalue weighted by Gasteiger charge is 2.08. The smallest absolute Gasteiger partial charge is 0.163 e. The van der Waals surface area contributed by atoms with Crippen molar-refractivity contribution < 1.29 is 4.74 Å². The van der Waals surface area contributed by atoms with Gasteiger partial charge in [0.2, 0.25) is 0 Å². The Morgan fingerprint density at radius 2 is 2.24 bits per heavy atom. The number of nitrogens with zero attached hydrogens (tertiary/aromatic N) is 3. The molecule has 6 heteroatoms. The molecule has 2 aromatic rings. The van der Waals surface area contributed by atoms with Gasteiger partial charge < -0.3 is 15.0 Å². The number of aromatic nitrogens is 3. The lowest BCUT2D eigenvalue weighted by Gasteiger charge is -2.07. The number of nitrogen functional groups attached to an aromatic ring is 1. The van der Waals surface area contributed by atoms with Gasteiger partial charge in [0.05, 0.1) is 6.61 Å². The van der Waals surface area contributed by atoms with Crippen molar-refractivity contribution in [2.24, 2.45) is 0 Å². The first kappa shape index (κ1) is 11.9. The van der Waals surface area contributed by atoms with E-state index >= 15 is 0 Å². The first-order valence-electron chi connectivity index (χ1n) is 5.14. The molecule has 0 saturated carbocycles. The maximum absolute atomic E-state index is 5.96. The molecule has 2 rings (SSSR count). The van der Waals surface area contributed by atoms with Crippen molar-refractivity contribution in [1.82, 2.24) is 14.8 Å². The Hall–Kier alpha value is -1.59. The van der Waals surface area contributed by atoms with Crippen molar-refractivity contribution in [1.29, 1.82) is 0 Å². The molecular weight excluding hydrogens is 240 g/mol.